The predicted molar refractivity (Wildman–Crippen MR) is 118 cm³/mol. The van der Waals surface area contributed by atoms with Gasteiger partial charge in [0.25, 0.3) is 5.69 Å². The minimum absolute atomic E-state index is 0.133. The fourth-order valence-corrected chi connectivity index (χ4v) is 4.55. The number of unbranched alkanes of at least 4 members (excludes halogenated alkanes) is 7. The molecular weight excluding hydrogens is 448 g/mol. The van der Waals surface area contributed by atoms with Crippen LogP contribution >= 0.6 is 11.6 Å². The summed E-state index contributed by atoms with van der Waals surface area (Å²) < 4.78 is 37.4. The number of sulfonamides is 1. The van der Waals surface area contributed by atoms with E-state index < -0.39 is 20.6 Å². The van der Waals surface area contributed by atoms with Crippen LogP contribution in [0.2, 0.25) is 5.02 Å². The van der Waals surface area contributed by atoms with Crippen LogP contribution in [0, 0.1) is 10.1 Å². The Labute approximate surface area is 188 Å². The van der Waals surface area contributed by atoms with Gasteiger partial charge in [0.05, 0.1) is 24.7 Å². The largest absolute Gasteiger partial charge is 0.495 e. The molecule has 31 heavy (non-hydrogen) atoms. The number of halogens is 1. The topological polar surface area (TPSA) is 125 Å². The number of ether oxygens (including phenoxy) is 2. The number of nitrogens with zero attached hydrogens (tertiary/aromatic N) is 1. The summed E-state index contributed by atoms with van der Waals surface area (Å²) in [7, 11) is -2.67. The lowest BCUT2D eigenvalue weighted by molar-refractivity contribution is -0.384. The van der Waals surface area contributed by atoms with Gasteiger partial charge in [-0.05, 0) is 25.8 Å². The number of nitro groups is 1. The first kappa shape index (κ1) is 27.1. The van der Waals surface area contributed by atoms with Gasteiger partial charge in [0.1, 0.15) is 15.7 Å². The lowest BCUT2D eigenvalue weighted by Gasteiger charge is -2.11. The van der Waals surface area contributed by atoms with Gasteiger partial charge in [-0.15, -0.1) is 0 Å². The molecule has 0 aliphatic rings. The Balaban J connectivity index is 2.30. The predicted octanol–water partition coefficient (Wildman–Crippen LogP) is 4.61. The minimum Gasteiger partial charge on any atom is -0.495 e. The van der Waals surface area contributed by atoms with E-state index in [0.717, 1.165) is 57.1 Å². The Hall–Kier alpha value is -1.91. The van der Waals surface area contributed by atoms with E-state index in [1.54, 1.807) is 6.92 Å². The molecule has 0 amide bonds. The SMILES string of the molecule is CCOC(=O)CCCCCCCCCCNS(=O)(=O)c1cc(Cl)c([N+](=O)[O-])cc1OC. The molecule has 1 N–H and O–H groups in total. The van der Waals surface area contributed by atoms with Crippen molar-refractivity contribution in [3.8, 4) is 5.75 Å². The first-order chi connectivity index (χ1) is 14.7. The number of hydrogen-bond acceptors (Lipinski definition) is 7. The van der Waals surface area contributed by atoms with Crippen molar-refractivity contribution in [2.75, 3.05) is 20.3 Å². The zero-order valence-corrected chi connectivity index (χ0v) is 19.6. The summed E-state index contributed by atoms with van der Waals surface area (Å²) in [5, 5.41) is 10.7. The molecule has 9 nitrogen and oxygen atoms in total. The Kier molecular flexibility index (Phi) is 12.4. The number of carbonyl (C=O) groups is 1. The summed E-state index contributed by atoms with van der Waals surface area (Å²) >= 11 is 5.84. The zero-order valence-electron chi connectivity index (χ0n) is 18.0. The number of carbonyl (C=O) groups excluding carboxylic acids is 1. The Morgan fingerprint density at radius 3 is 2.23 bits per heavy atom. The molecule has 1 rings (SSSR count). The summed E-state index contributed by atoms with van der Waals surface area (Å²) in [6, 6.07) is 2.03. The highest BCUT2D eigenvalue weighted by Gasteiger charge is 2.25. The van der Waals surface area contributed by atoms with Gasteiger partial charge in [0.15, 0.2) is 0 Å². The fourth-order valence-electron chi connectivity index (χ4n) is 3.01. The molecule has 0 saturated carbocycles. The van der Waals surface area contributed by atoms with Gasteiger partial charge in [-0.25, -0.2) is 13.1 Å². The van der Waals surface area contributed by atoms with E-state index >= 15 is 0 Å². The van der Waals surface area contributed by atoms with E-state index in [1.165, 1.54) is 7.11 Å². The smallest absolute Gasteiger partial charge is 0.305 e. The lowest BCUT2D eigenvalue weighted by Crippen LogP contribution is -2.25. The summed E-state index contributed by atoms with van der Waals surface area (Å²) in [4.78, 5) is 21.2. The molecule has 11 heteroatoms. The molecule has 0 atom stereocenters. The van der Waals surface area contributed by atoms with Crippen LogP contribution in [0.25, 0.3) is 0 Å². The van der Waals surface area contributed by atoms with Gasteiger partial charge >= 0.3 is 5.97 Å². The second kappa shape index (κ2) is 14.2. The van der Waals surface area contributed by atoms with Crippen LogP contribution in [0.15, 0.2) is 17.0 Å². The summed E-state index contributed by atoms with van der Waals surface area (Å²) in [5.41, 5.74) is -0.418. The third-order valence-electron chi connectivity index (χ3n) is 4.62. The molecule has 0 aliphatic carbocycles. The zero-order chi connectivity index (χ0) is 23.3. The summed E-state index contributed by atoms with van der Waals surface area (Å²) in [6.45, 7) is 2.47. The number of nitrogens with one attached hydrogen (secondary N) is 1. The third-order valence-corrected chi connectivity index (χ3v) is 6.41. The molecule has 1 aromatic rings. The van der Waals surface area contributed by atoms with Gasteiger partial charge in [-0.3, -0.25) is 14.9 Å². The van der Waals surface area contributed by atoms with E-state index in [1.807, 2.05) is 0 Å². The maximum absolute atomic E-state index is 12.5. The standard InChI is InChI=1S/C20H31ClN2O7S/c1-3-30-20(24)12-10-8-6-4-5-7-9-11-13-22-31(27,28)19-14-16(21)17(23(25)26)15-18(19)29-2/h14-15,22H,3-13H2,1-2H3. The number of rotatable bonds is 16. The van der Waals surface area contributed by atoms with E-state index in [-0.39, 0.29) is 28.2 Å². The number of nitro benzene ring substituents is 1. The Morgan fingerprint density at radius 1 is 1.10 bits per heavy atom. The van der Waals surface area contributed by atoms with E-state index in [2.05, 4.69) is 4.72 Å². The molecule has 0 heterocycles. The average molecular weight is 479 g/mol. The highest BCUT2D eigenvalue weighted by Crippen LogP contribution is 2.34. The van der Waals surface area contributed by atoms with Crippen molar-refractivity contribution in [3.05, 3.63) is 27.3 Å². The molecule has 0 aliphatic heterocycles. The van der Waals surface area contributed by atoms with Crippen molar-refractivity contribution < 1.29 is 27.6 Å². The number of benzene rings is 1. The van der Waals surface area contributed by atoms with Gasteiger partial charge < -0.3 is 9.47 Å². The second-order valence-electron chi connectivity index (χ2n) is 6.99. The monoisotopic (exact) mass is 478 g/mol. The molecule has 0 spiro atoms. The average Bonchev–Trinajstić information content (AvgIpc) is 2.71. The van der Waals surface area contributed by atoms with Gasteiger partial charge in [-0.2, -0.15) is 0 Å². The maximum atomic E-state index is 12.5. The van der Waals surface area contributed by atoms with Crippen molar-refractivity contribution in [1.29, 1.82) is 0 Å². The molecule has 1 aromatic carbocycles. The molecule has 0 radical (unpaired) electrons. The molecule has 0 saturated heterocycles. The van der Waals surface area contributed by atoms with E-state index in [0.29, 0.717) is 19.4 Å². The molecule has 176 valence electrons. The highest BCUT2D eigenvalue weighted by molar-refractivity contribution is 7.89. The Morgan fingerprint density at radius 2 is 1.68 bits per heavy atom. The maximum Gasteiger partial charge on any atom is 0.305 e. The highest BCUT2D eigenvalue weighted by atomic mass is 35.5. The van der Waals surface area contributed by atoms with Crippen molar-refractivity contribution in [2.24, 2.45) is 0 Å². The van der Waals surface area contributed by atoms with Gasteiger partial charge in [0, 0.05) is 13.0 Å². The van der Waals surface area contributed by atoms with Crippen LogP contribution in [0.4, 0.5) is 5.69 Å². The summed E-state index contributed by atoms with van der Waals surface area (Å²) in [5.74, 6) is -0.273. The van der Waals surface area contributed by atoms with Gasteiger partial charge in [0.2, 0.25) is 10.0 Å². The van der Waals surface area contributed by atoms with E-state index in [4.69, 9.17) is 21.1 Å². The van der Waals surface area contributed by atoms with Gasteiger partial charge in [-0.1, -0.05) is 50.1 Å². The molecule has 0 unspecified atom stereocenters. The van der Waals surface area contributed by atoms with Crippen LogP contribution in [-0.4, -0.2) is 39.6 Å². The minimum atomic E-state index is -3.91. The van der Waals surface area contributed by atoms with Crippen LogP contribution in [0.5, 0.6) is 5.75 Å². The van der Waals surface area contributed by atoms with Crippen molar-refractivity contribution in [3.63, 3.8) is 0 Å². The van der Waals surface area contributed by atoms with Crippen molar-refractivity contribution >= 4 is 33.3 Å². The van der Waals surface area contributed by atoms with Crippen LogP contribution in [-0.2, 0) is 19.6 Å². The van der Waals surface area contributed by atoms with E-state index in [9.17, 15) is 23.3 Å². The lowest BCUT2D eigenvalue weighted by atomic mass is 10.1. The molecule has 0 aromatic heterocycles. The third kappa shape index (κ3) is 9.84. The number of esters is 1. The molecule has 0 bridgehead atoms. The summed E-state index contributed by atoms with van der Waals surface area (Å²) in [6.07, 6.45) is 8.05. The van der Waals surface area contributed by atoms with Crippen molar-refractivity contribution in [1.82, 2.24) is 4.72 Å². The number of methoxy groups -OCH3 is 1. The second-order valence-corrected chi connectivity index (χ2v) is 9.14. The molecule has 0 fully saturated rings. The molecular formula is C20H31ClN2O7S. The first-order valence-electron chi connectivity index (χ1n) is 10.4. The van der Waals surface area contributed by atoms with Crippen LogP contribution in [0.1, 0.15) is 64.7 Å². The number of hydrogen-bond donors (Lipinski definition) is 1. The van der Waals surface area contributed by atoms with Crippen LogP contribution in [0.3, 0.4) is 0 Å². The first-order valence-corrected chi connectivity index (χ1v) is 12.3. The normalized spacial score (nSPS) is 11.3. The quantitative estimate of drug-likeness (QED) is 0.159. The van der Waals surface area contributed by atoms with Crippen LogP contribution < -0.4 is 9.46 Å². The Bertz CT molecular complexity index is 831. The van der Waals surface area contributed by atoms with Crippen molar-refractivity contribution in [2.45, 2.75) is 69.6 Å². The fraction of sp³-hybridized carbons (Fsp3) is 0.650.